The Hall–Kier alpha value is -1.50. The number of benzene rings is 2. The molecule has 0 saturated carbocycles. The molecule has 22 heavy (non-hydrogen) atoms. The van der Waals surface area contributed by atoms with Gasteiger partial charge in [-0.3, -0.25) is 4.79 Å². The third-order valence-electron chi connectivity index (χ3n) is 2.80. The molecule has 1 atom stereocenters. The summed E-state index contributed by atoms with van der Waals surface area (Å²) >= 11 is 0. The molecule has 5 nitrogen and oxygen atoms in total. The molecule has 0 bridgehead atoms. The summed E-state index contributed by atoms with van der Waals surface area (Å²) in [6.45, 7) is 0. The van der Waals surface area contributed by atoms with Crippen molar-refractivity contribution in [2.24, 2.45) is 5.73 Å². The van der Waals surface area contributed by atoms with E-state index in [1.807, 2.05) is 6.07 Å². The van der Waals surface area contributed by atoms with Crippen molar-refractivity contribution in [3.05, 3.63) is 71.3 Å². The minimum atomic E-state index is -1.37. The largest absolute Gasteiger partial charge is 1.00 e. The van der Waals surface area contributed by atoms with Crippen LogP contribution in [0, 0.1) is 0 Å². The van der Waals surface area contributed by atoms with E-state index < -0.39 is 12.0 Å². The molecule has 1 unspecified atom stereocenters. The molecule has 0 aliphatic heterocycles. The molecule has 0 saturated heterocycles. The predicted molar refractivity (Wildman–Crippen MR) is 78.6 cm³/mol. The Morgan fingerprint density at radius 1 is 0.955 bits per heavy atom. The number of nitrogens with two attached hydrogens (primary N) is 1. The SMILES string of the molecule is C.NC(C(=O)[O-])c1cccc(C(=O)c2ccccc2)c1.O.[Na+]. The van der Waals surface area contributed by atoms with Crippen molar-refractivity contribution < 1.29 is 49.7 Å². The number of aliphatic carboxylic acids is 1. The van der Waals surface area contributed by atoms with Gasteiger partial charge in [0, 0.05) is 11.1 Å². The Bertz CT molecular complexity index is 617. The summed E-state index contributed by atoms with van der Waals surface area (Å²) in [4.78, 5) is 22.9. The van der Waals surface area contributed by atoms with Crippen molar-refractivity contribution >= 4 is 11.8 Å². The van der Waals surface area contributed by atoms with E-state index in [0.29, 0.717) is 16.7 Å². The van der Waals surface area contributed by atoms with Gasteiger partial charge in [-0.05, 0) is 11.6 Å². The van der Waals surface area contributed by atoms with Crippen molar-refractivity contribution in [2.75, 3.05) is 0 Å². The van der Waals surface area contributed by atoms with Crippen LogP contribution in [-0.4, -0.2) is 17.2 Å². The zero-order chi connectivity index (χ0) is 13.8. The summed E-state index contributed by atoms with van der Waals surface area (Å²) in [5.41, 5.74) is 6.77. The molecule has 2 rings (SSSR count). The summed E-state index contributed by atoms with van der Waals surface area (Å²) < 4.78 is 0. The fraction of sp³-hybridized carbons (Fsp3) is 0.125. The number of hydrogen-bond donors (Lipinski definition) is 1. The molecule has 4 N–H and O–H groups in total. The maximum absolute atomic E-state index is 12.2. The molecule has 6 heteroatoms. The normalized spacial score (nSPS) is 10.2. The van der Waals surface area contributed by atoms with Gasteiger partial charge in [0.05, 0.1) is 12.0 Å². The minimum absolute atomic E-state index is 0. The molecular formula is C16H18NNaO4. The molecule has 0 spiro atoms. The van der Waals surface area contributed by atoms with Gasteiger partial charge in [-0.15, -0.1) is 0 Å². The van der Waals surface area contributed by atoms with E-state index >= 15 is 0 Å². The van der Waals surface area contributed by atoms with Gasteiger partial charge < -0.3 is 21.1 Å². The fourth-order valence-electron chi connectivity index (χ4n) is 1.77. The van der Waals surface area contributed by atoms with Gasteiger partial charge in [-0.25, -0.2) is 0 Å². The molecule has 0 aromatic heterocycles. The van der Waals surface area contributed by atoms with Crippen LogP contribution in [0.3, 0.4) is 0 Å². The molecule has 112 valence electrons. The monoisotopic (exact) mass is 311 g/mol. The molecule has 2 aromatic rings. The maximum atomic E-state index is 12.2. The van der Waals surface area contributed by atoms with Crippen molar-refractivity contribution in [1.82, 2.24) is 0 Å². The topological polar surface area (TPSA) is 115 Å². The summed E-state index contributed by atoms with van der Waals surface area (Å²) in [6, 6.07) is 13.8. The molecule has 2 aromatic carbocycles. The number of hydrogen-bond acceptors (Lipinski definition) is 4. The molecule has 0 amide bonds. The van der Waals surface area contributed by atoms with E-state index in [1.54, 1.807) is 42.5 Å². The summed E-state index contributed by atoms with van der Waals surface area (Å²) in [5, 5.41) is 10.7. The average Bonchev–Trinajstić information content (AvgIpc) is 2.46. The fourth-order valence-corrected chi connectivity index (χ4v) is 1.77. The van der Waals surface area contributed by atoms with Gasteiger partial charge in [-0.1, -0.05) is 56.0 Å². The first kappa shape index (κ1) is 22.8. The van der Waals surface area contributed by atoms with Crippen LogP contribution in [0.5, 0.6) is 0 Å². The van der Waals surface area contributed by atoms with E-state index in [0.717, 1.165) is 0 Å². The maximum Gasteiger partial charge on any atom is 1.00 e. The average molecular weight is 311 g/mol. The summed E-state index contributed by atoms with van der Waals surface area (Å²) in [5.74, 6) is -1.54. The molecule has 0 aliphatic carbocycles. The molecule has 0 heterocycles. The Labute approximate surface area is 151 Å². The second-order valence-electron chi connectivity index (χ2n) is 4.12. The molecule has 0 radical (unpaired) electrons. The van der Waals surface area contributed by atoms with E-state index in [1.165, 1.54) is 6.07 Å². The quantitative estimate of drug-likeness (QED) is 0.496. The van der Waals surface area contributed by atoms with Gasteiger partial charge in [-0.2, -0.15) is 0 Å². The van der Waals surface area contributed by atoms with Crippen molar-refractivity contribution in [3.63, 3.8) is 0 Å². The van der Waals surface area contributed by atoms with Gasteiger partial charge >= 0.3 is 29.6 Å². The molecular weight excluding hydrogens is 293 g/mol. The first-order chi connectivity index (χ1) is 9.09. The Kier molecular flexibility index (Phi) is 10.6. The van der Waals surface area contributed by atoms with Crippen molar-refractivity contribution in [1.29, 1.82) is 0 Å². The smallest absolute Gasteiger partial charge is 0.548 e. The number of ketones is 1. The van der Waals surface area contributed by atoms with Crippen LogP contribution in [0.4, 0.5) is 0 Å². The second kappa shape index (κ2) is 10.3. The second-order valence-corrected chi connectivity index (χ2v) is 4.12. The Morgan fingerprint density at radius 3 is 2.05 bits per heavy atom. The number of rotatable bonds is 4. The standard InChI is InChI=1S/C15H13NO3.CH4.Na.H2O/c16-13(15(18)19)11-7-4-8-12(9-11)14(17)10-5-2-1-3-6-10;;;/h1-9,13H,16H2,(H,18,19);1H4;;1H2/q;;+1;/p-1. The third kappa shape index (κ3) is 5.36. The Balaban J connectivity index is 0. The van der Waals surface area contributed by atoms with Crippen molar-refractivity contribution in [3.8, 4) is 0 Å². The zero-order valence-electron chi connectivity index (χ0n) is 11.6. The Morgan fingerprint density at radius 2 is 1.50 bits per heavy atom. The van der Waals surface area contributed by atoms with Crippen LogP contribution < -0.4 is 40.4 Å². The number of carbonyl (C=O) groups excluding carboxylic acids is 2. The van der Waals surface area contributed by atoms with Gasteiger partial charge in [0.2, 0.25) is 0 Å². The van der Waals surface area contributed by atoms with Gasteiger partial charge in [0.15, 0.2) is 5.78 Å². The van der Waals surface area contributed by atoms with Crippen LogP contribution in [0.1, 0.15) is 35.0 Å². The first-order valence-corrected chi connectivity index (χ1v) is 5.76. The van der Waals surface area contributed by atoms with Crippen LogP contribution in [0.15, 0.2) is 54.6 Å². The van der Waals surface area contributed by atoms with E-state index in [9.17, 15) is 14.7 Å². The van der Waals surface area contributed by atoms with Crippen LogP contribution >= 0.6 is 0 Å². The molecule has 0 fully saturated rings. The zero-order valence-corrected chi connectivity index (χ0v) is 13.6. The van der Waals surface area contributed by atoms with Gasteiger partial charge in [0.25, 0.3) is 0 Å². The minimum Gasteiger partial charge on any atom is -0.548 e. The number of carboxylic acid groups (broad SMARTS) is 1. The number of carbonyl (C=O) groups is 2. The third-order valence-corrected chi connectivity index (χ3v) is 2.80. The van der Waals surface area contributed by atoms with Crippen LogP contribution in [0.2, 0.25) is 0 Å². The first-order valence-electron chi connectivity index (χ1n) is 5.76. The number of carboxylic acids is 1. The predicted octanol–water partition coefficient (Wildman–Crippen LogP) is -2.52. The van der Waals surface area contributed by atoms with Crippen LogP contribution in [-0.2, 0) is 4.79 Å². The van der Waals surface area contributed by atoms with E-state index in [-0.39, 0.29) is 48.2 Å². The van der Waals surface area contributed by atoms with Crippen LogP contribution in [0.25, 0.3) is 0 Å². The van der Waals surface area contributed by atoms with Gasteiger partial charge in [0.1, 0.15) is 0 Å². The summed E-state index contributed by atoms with van der Waals surface area (Å²) in [6.07, 6.45) is 0. The molecule has 0 aliphatic rings. The summed E-state index contributed by atoms with van der Waals surface area (Å²) in [7, 11) is 0. The van der Waals surface area contributed by atoms with Crippen molar-refractivity contribution in [2.45, 2.75) is 13.5 Å². The van der Waals surface area contributed by atoms with E-state index in [2.05, 4.69) is 0 Å². The van der Waals surface area contributed by atoms with E-state index in [4.69, 9.17) is 5.73 Å².